The molecule has 236 valence electrons. The van der Waals surface area contributed by atoms with Gasteiger partial charge in [-0.05, 0) is 68.8 Å². The minimum Gasteiger partial charge on any atom is -0.446 e. The lowest BCUT2D eigenvalue weighted by Crippen LogP contribution is -2.44. The SMILES string of the molecule is CN(C(=O)OC1CCC(C(F)(F)F)CC1)[C@@H]1CNC[C@H]1c1cc(C#N)c(Cl)c(Cl)c1C(=O)C1CCNC(c2ccccn2)C1. The predicted octanol–water partition coefficient (Wildman–Crippen LogP) is 6.43. The monoisotopic (exact) mass is 651 g/mol. The van der Waals surface area contributed by atoms with Crippen LogP contribution in [0.25, 0.3) is 0 Å². The van der Waals surface area contributed by atoms with Crippen LogP contribution in [-0.4, -0.2) is 66.8 Å². The Labute approximate surface area is 264 Å². The first-order valence-electron chi connectivity index (χ1n) is 14.8. The minimum absolute atomic E-state index is 0.00112. The van der Waals surface area contributed by atoms with Crippen LogP contribution in [0.5, 0.6) is 0 Å². The number of piperidine rings is 1. The zero-order chi connectivity index (χ0) is 31.6. The maximum atomic E-state index is 14.2. The molecule has 0 radical (unpaired) electrons. The number of nitrogens with one attached hydrogen (secondary N) is 2. The van der Waals surface area contributed by atoms with E-state index < -0.39 is 36.3 Å². The number of benzene rings is 1. The first-order chi connectivity index (χ1) is 21.0. The maximum absolute atomic E-state index is 14.2. The first kappa shape index (κ1) is 32.5. The lowest BCUT2D eigenvalue weighted by molar-refractivity contribution is -0.186. The molecule has 2 aliphatic heterocycles. The van der Waals surface area contributed by atoms with E-state index in [1.807, 2.05) is 18.2 Å². The molecule has 8 nitrogen and oxygen atoms in total. The van der Waals surface area contributed by atoms with Crippen molar-refractivity contribution in [2.24, 2.45) is 11.8 Å². The number of nitriles is 1. The van der Waals surface area contributed by atoms with E-state index in [9.17, 15) is 28.0 Å². The maximum Gasteiger partial charge on any atom is 0.410 e. The van der Waals surface area contributed by atoms with Gasteiger partial charge in [0.05, 0.1) is 39.3 Å². The molecule has 2 saturated heterocycles. The van der Waals surface area contributed by atoms with Crippen LogP contribution in [0.2, 0.25) is 10.0 Å². The van der Waals surface area contributed by atoms with Crippen LogP contribution in [-0.2, 0) is 4.74 Å². The third-order valence-corrected chi connectivity index (χ3v) is 10.1. The molecular formula is C31H34Cl2F3N5O3. The lowest BCUT2D eigenvalue weighted by atomic mass is 9.80. The summed E-state index contributed by atoms with van der Waals surface area (Å²) < 4.78 is 44.9. The molecule has 3 fully saturated rings. The van der Waals surface area contributed by atoms with Crippen LogP contribution in [0, 0.1) is 23.2 Å². The van der Waals surface area contributed by atoms with Gasteiger partial charge < -0.3 is 20.3 Å². The van der Waals surface area contributed by atoms with Gasteiger partial charge >= 0.3 is 12.3 Å². The Hall–Kier alpha value is -2.91. The summed E-state index contributed by atoms with van der Waals surface area (Å²) in [6.07, 6.45) is -2.60. The molecule has 0 spiro atoms. The van der Waals surface area contributed by atoms with Gasteiger partial charge in [0.25, 0.3) is 0 Å². The standard InChI is InChI=1S/C31H34Cl2F3N5O3/c1-41(30(43)44-20-7-5-19(6-8-20)31(34,35)36)25-16-38-15-22(25)21-12-18(14-37)27(32)28(33)26(21)29(42)17-9-11-40-24(13-17)23-4-2-3-10-39-23/h2-4,10,12,17,19-20,22,24-25,38,40H,5-9,11,13,15-16H2,1H3/t17?,19?,20?,22-,24?,25+/m0/s1. The number of carbonyl (C=O) groups is 2. The number of hydrogen-bond donors (Lipinski definition) is 2. The summed E-state index contributed by atoms with van der Waals surface area (Å²) in [5.41, 5.74) is 1.72. The first-order valence-corrected chi connectivity index (χ1v) is 15.6. The Morgan fingerprint density at radius 3 is 2.52 bits per heavy atom. The number of aromatic nitrogens is 1. The molecule has 13 heteroatoms. The average Bonchev–Trinajstić information content (AvgIpc) is 3.51. The zero-order valence-corrected chi connectivity index (χ0v) is 25.7. The molecule has 44 heavy (non-hydrogen) atoms. The van der Waals surface area contributed by atoms with E-state index in [0.29, 0.717) is 38.0 Å². The second-order valence-electron chi connectivity index (χ2n) is 11.8. The van der Waals surface area contributed by atoms with Crippen LogP contribution in [0.1, 0.15) is 77.7 Å². The number of pyridine rings is 1. The van der Waals surface area contributed by atoms with Crippen LogP contribution >= 0.6 is 23.2 Å². The summed E-state index contributed by atoms with van der Waals surface area (Å²) in [5, 5.41) is 16.5. The molecule has 4 atom stereocenters. The Bertz CT molecular complexity index is 1410. The molecular weight excluding hydrogens is 618 g/mol. The highest BCUT2D eigenvalue weighted by Gasteiger charge is 2.43. The highest BCUT2D eigenvalue weighted by atomic mass is 35.5. The van der Waals surface area contributed by atoms with Gasteiger partial charge in [-0.3, -0.25) is 9.78 Å². The molecule has 5 rings (SSSR count). The second kappa shape index (κ2) is 13.6. The van der Waals surface area contributed by atoms with Crippen LogP contribution < -0.4 is 10.6 Å². The van der Waals surface area contributed by atoms with Gasteiger partial charge in [-0.25, -0.2) is 4.79 Å². The van der Waals surface area contributed by atoms with Gasteiger partial charge in [0.1, 0.15) is 12.2 Å². The molecule has 2 aromatic rings. The van der Waals surface area contributed by atoms with E-state index in [1.165, 1.54) is 4.90 Å². The molecule has 1 aromatic carbocycles. The Balaban J connectivity index is 1.37. The molecule has 2 unspecified atom stereocenters. The molecule has 2 N–H and O–H groups in total. The number of likely N-dealkylation sites (N-methyl/N-ethyl adjacent to an activating group) is 1. The van der Waals surface area contributed by atoms with E-state index in [2.05, 4.69) is 21.7 Å². The van der Waals surface area contributed by atoms with Gasteiger partial charge in [0.2, 0.25) is 0 Å². The van der Waals surface area contributed by atoms with Crippen molar-refractivity contribution in [3.8, 4) is 6.07 Å². The molecule has 1 aliphatic carbocycles. The third-order valence-electron chi connectivity index (χ3n) is 9.20. The minimum atomic E-state index is -4.25. The Kier molecular flexibility index (Phi) is 10.0. The number of rotatable bonds is 6. The highest BCUT2D eigenvalue weighted by Crippen LogP contribution is 2.42. The summed E-state index contributed by atoms with van der Waals surface area (Å²) >= 11 is 13.2. The number of nitrogens with zero attached hydrogens (tertiary/aromatic N) is 3. The van der Waals surface area contributed by atoms with Crippen LogP contribution in [0.15, 0.2) is 30.5 Å². The molecule has 0 bridgehead atoms. The van der Waals surface area contributed by atoms with Crippen LogP contribution in [0.4, 0.5) is 18.0 Å². The number of hydrogen-bond acceptors (Lipinski definition) is 7. The van der Waals surface area contributed by atoms with Gasteiger partial charge in [-0.1, -0.05) is 29.3 Å². The van der Waals surface area contributed by atoms with Gasteiger partial charge in [-0.15, -0.1) is 0 Å². The molecule has 1 saturated carbocycles. The van der Waals surface area contributed by atoms with E-state index >= 15 is 0 Å². The van der Waals surface area contributed by atoms with E-state index in [1.54, 1.807) is 19.3 Å². The number of alkyl halides is 3. The van der Waals surface area contributed by atoms with Gasteiger partial charge in [0, 0.05) is 43.7 Å². The predicted molar refractivity (Wildman–Crippen MR) is 159 cm³/mol. The van der Waals surface area contributed by atoms with Crippen molar-refractivity contribution < 1.29 is 27.5 Å². The summed E-state index contributed by atoms with van der Waals surface area (Å²) in [7, 11) is 1.57. The average molecular weight is 653 g/mol. The number of carbonyl (C=O) groups excluding carboxylic acids is 2. The fourth-order valence-corrected chi connectivity index (χ4v) is 7.19. The van der Waals surface area contributed by atoms with Crippen molar-refractivity contribution >= 4 is 35.1 Å². The highest BCUT2D eigenvalue weighted by molar-refractivity contribution is 6.44. The van der Waals surface area contributed by atoms with Crippen molar-refractivity contribution in [2.75, 3.05) is 26.7 Å². The summed E-state index contributed by atoms with van der Waals surface area (Å²) in [4.78, 5) is 33.3. The van der Waals surface area contributed by atoms with E-state index in [4.69, 9.17) is 27.9 Å². The largest absolute Gasteiger partial charge is 0.446 e. The molecule has 1 aromatic heterocycles. The fraction of sp³-hybridized carbons (Fsp3) is 0.548. The quantitative estimate of drug-likeness (QED) is 0.347. The normalized spacial score (nSPS) is 27.4. The van der Waals surface area contributed by atoms with Crippen molar-refractivity contribution in [3.05, 3.63) is 62.9 Å². The van der Waals surface area contributed by atoms with Crippen molar-refractivity contribution in [3.63, 3.8) is 0 Å². The van der Waals surface area contributed by atoms with Crippen molar-refractivity contribution in [1.29, 1.82) is 5.26 Å². The lowest BCUT2D eigenvalue weighted by Gasteiger charge is -2.34. The topological polar surface area (TPSA) is 107 Å². The fourth-order valence-electron chi connectivity index (χ4n) is 6.70. The molecule has 3 heterocycles. The van der Waals surface area contributed by atoms with Gasteiger partial charge in [0.15, 0.2) is 5.78 Å². The summed E-state index contributed by atoms with van der Waals surface area (Å²) in [6, 6.07) is 8.68. The number of ketones is 1. The number of amides is 1. The van der Waals surface area contributed by atoms with Crippen LogP contribution in [0.3, 0.4) is 0 Å². The third kappa shape index (κ3) is 6.84. The number of ether oxygens (including phenoxy) is 1. The second-order valence-corrected chi connectivity index (χ2v) is 12.6. The number of halogens is 5. The molecule has 1 amide bonds. The Morgan fingerprint density at radius 1 is 1.11 bits per heavy atom. The smallest absolute Gasteiger partial charge is 0.410 e. The van der Waals surface area contributed by atoms with Gasteiger partial charge in [-0.2, -0.15) is 18.4 Å². The van der Waals surface area contributed by atoms with Crippen molar-refractivity contribution in [2.45, 2.75) is 68.8 Å². The number of Topliss-reactive ketones (excluding diaryl/α,β-unsaturated/α-hetero) is 1. The van der Waals surface area contributed by atoms with Crippen molar-refractivity contribution in [1.82, 2.24) is 20.5 Å². The van der Waals surface area contributed by atoms with E-state index in [-0.39, 0.29) is 64.6 Å². The Morgan fingerprint density at radius 2 is 1.86 bits per heavy atom. The summed E-state index contributed by atoms with van der Waals surface area (Å²) in [5.74, 6) is -2.37. The zero-order valence-electron chi connectivity index (χ0n) is 24.2. The molecule has 3 aliphatic rings. The summed E-state index contributed by atoms with van der Waals surface area (Å²) in [6.45, 7) is 1.37. The van der Waals surface area contributed by atoms with E-state index in [0.717, 1.165) is 5.69 Å².